The highest BCUT2D eigenvalue weighted by molar-refractivity contribution is 14.1. The lowest BCUT2D eigenvalue weighted by Crippen LogP contribution is -2.13. The Morgan fingerprint density at radius 2 is 1.65 bits per heavy atom. The molecule has 0 radical (unpaired) electrons. The molecule has 1 aliphatic rings. The van der Waals surface area contributed by atoms with Gasteiger partial charge in [-0.05, 0) is 44.7 Å². The third kappa shape index (κ3) is 4.04. The Balaban J connectivity index is 2.02. The van der Waals surface area contributed by atoms with Crippen LogP contribution in [0.3, 0.4) is 0 Å². The van der Waals surface area contributed by atoms with Crippen molar-refractivity contribution in [1.29, 1.82) is 0 Å². The van der Waals surface area contributed by atoms with Crippen LogP contribution in [0.5, 0.6) is 0 Å². The minimum absolute atomic E-state index is 0.0600. The smallest absolute Gasteiger partial charge is 0.259 e. The number of allylic oxidation sites excluding steroid dienone is 2. The second-order valence-corrected chi connectivity index (χ2v) is 9.52. The van der Waals surface area contributed by atoms with Gasteiger partial charge in [-0.2, -0.15) is 0 Å². The van der Waals surface area contributed by atoms with Crippen LogP contribution in [0.15, 0.2) is 70.0 Å². The molecule has 0 spiro atoms. The molecule has 1 atom stereocenters. The number of hydrogen-bond acceptors (Lipinski definition) is 3. The van der Waals surface area contributed by atoms with Crippen LogP contribution in [0.1, 0.15) is 42.7 Å². The van der Waals surface area contributed by atoms with Crippen LogP contribution in [0.2, 0.25) is 0 Å². The second kappa shape index (κ2) is 7.56. The molecule has 0 N–H and O–H groups in total. The zero-order valence-corrected chi connectivity index (χ0v) is 17.9. The van der Waals surface area contributed by atoms with Crippen LogP contribution in [0.4, 0.5) is 0 Å². The molecule has 3 rings (SSSR count). The molecule has 0 saturated heterocycles. The van der Waals surface area contributed by atoms with Crippen molar-refractivity contribution in [1.82, 2.24) is 0 Å². The molecule has 5 heteroatoms. The van der Waals surface area contributed by atoms with Gasteiger partial charge in [0.2, 0.25) is 0 Å². The van der Waals surface area contributed by atoms with Gasteiger partial charge in [0.1, 0.15) is 5.25 Å². The molecule has 0 saturated carbocycles. The molecule has 0 amide bonds. The van der Waals surface area contributed by atoms with Gasteiger partial charge >= 0.3 is 0 Å². The third-order valence-corrected chi connectivity index (χ3v) is 6.98. The van der Waals surface area contributed by atoms with E-state index in [-0.39, 0.29) is 21.3 Å². The summed E-state index contributed by atoms with van der Waals surface area (Å²) in [5.74, 6) is 0. The van der Waals surface area contributed by atoms with Crippen LogP contribution in [0.25, 0.3) is 4.91 Å². The molecule has 3 nitrogen and oxygen atoms in total. The fourth-order valence-electron chi connectivity index (χ4n) is 2.85. The standard InChI is InChI=1S/C21H20INO2S/c1-21(2,3)16-11-9-15(10-12-16)20-18(23(24)25)13-17(22)19(26-20)14-7-5-4-6-8-14/h4-13,20H,1-3H3. The average molecular weight is 477 g/mol. The minimum Gasteiger partial charge on any atom is -0.259 e. The molecule has 134 valence electrons. The van der Waals surface area contributed by atoms with E-state index in [9.17, 15) is 10.1 Å². The molecule has 2 aromatic rings. The first-order valence-corrected chi connectivity index (χ1v) is 10.3. The molecule has 0 aromatic heterocycles. The molecule has 1 heterocycles. The van der Waals surface area contributed by atoms with Gasteiger partial charge in [0.25, 0.3) is 5.70 Å². The molecule has 0 fully saturated rings. The van der Waals surface area contributed by atoms with Gasteiger partial charge in [0, 0.05) is 14.6 Å². The van der Waals surface area contributed by atoms with E-state index < -0.39 is 0 Å². The molecular formula is C21H20INO2S. The van der Waals surface area contributed by atoms with E-state index in [1.165, 1.54) is 5.56 Å². The van der Waals surface area contributed by atoms with E-state index in [0.717, 1.165) is 19.6 Å². The predicted molar refractivity (Wildman–Crippen MR) is 118 cm³/mol. The number of hydrogen-bond donors (Lipinski definition) is 0. The lowest BCUT2D eigenvalue weighted by molar-refractivity contribution is -0.427. The highest BCUT2D eigenvalue weighted by Crippen LogP contribution is 2.51. The van der Waals surface area contributed by atoms with E-state index in [1.54, 1.807) is 17.8 Å². The van der Waals surface area contributed by atoms with E-state index in [4.69, 9.17) is 0 Å². The van der Waals surface area contributed by atoms with Crippen molar-refractivity contribution in [2.45, 2.75) is 31.4 Å². The Hall–Kier alpha value is -1.60. The molecule has 1 aliphatic heterocycles. The van der Waals surface area contributed by atoms with Crippen molar-refractivity contribution >= 4 is 39.3 Å². The summed E-state index contributed by atoms with van der Waals surface area (Å²) >= 11 is 3.75. The predicted octanol–water partition coefficient (Wildman–Crippen LogP) is 6.74. The largest absolute Gasteiger partial charge is 0.264 e. The maximum absolute atomic E-state index is 11.7. The van der Waals surface area contributed by atoms with Gasteiger partial charge in [-0.3, -0.25) is 10.1 Å². The lowest BCUT2D eigenvalue weighted by Gasteiger charge is -2.23. The summed E-state index contributed by atoms with van der Waals surface area (Å²) in [6.45, 7) is 6.50. The van der Waals surface area contributed by atoms with Crippen molar-refractivity contribution in [3.63, 3.8) is 0 Å². The highest BCUT2D eigenvalue weighted by Gasteiger charge is 2.33. The van der Waals surface area contributed by atoms with Crippen molar-refractivity contribution in [2.24, 2.45) is 0 Å². The van der Waals surface area contributed by atoms with E-state index >= 15 is 0 Å². The fourth-order valence-corrected chi connectivity index (χ4v) is 5.11. The Labute approximate surface area is 171 Å². The van der Waals surface area contributed by atoms with Crippen LogP contribution in [0, 0.1) is 10.1 Å². The third-order valence-electron chi connectivity index (χ3n) is 4.32. The second-order valence-electron chi connectivity index (χ2n) is 7.24. The molecule has 1 unspecified atom stereocenters. The number of benzene rings is 2. The molecule has 0 aliphatic carbocycles. The summed E-state index contributed by atoms with van der Waals surface area (Å²) in [4.78, 5) is 12.5. The normalized spacial score (nSPS) is 17.8. The number of nitro groups is 1. The highest BCUT2D eigenvalue weighted by atomic mass is 127. The summed E-state index contributed by atoms with van der Waals surface area (Å²) in [6, 6.07) is 18.3. The van der Waals surface area contributed by atoms with Crippen LogP contribution in [-0.2, 0) is 5.41 Å². The summed E-state index contributed by atoms with van der Waals surface area (Å²) in [7, 11) is 0. The average Bonchev–Trinajstić information content (AvgIpc) is 2.61. The van der Waals surface area contributed by atoms with Crippen molar-refractivity contribution < 1.29 is 4.92 Å². The van der Waals surface area contributed by atoms with E-state index in [0.29, 0.717) is 0 Å². The van der Waals surface area contributed by atoms with Gasteiger partial charge in [-0.1, -0.05) is 75.4 Å². The SMILES string of the molecule is CC(C)(C)c1ccc(C2SC(c3ccccc3)=C(I)C=C2[N+](=O)[O-])cc1. The Morgan fingerprint density at radius 3 is 2.19 bits per heavy atom. The van der Waals surface area contributed by atoms with E-state index in [1.807, 2.05) is 42.5 Å². The van der Waals surface area contributed by atoms with Gasteiger partial charge in [-0.15, -0.1) is 11.8 Å². The van der Waals surface area contributed by atoms with Crippen molar-refractivity contribution in [3.05, 3.63) is 96.8 Å². The Kier molecular flexibility index (Phi) is 5.58. The summed E-state index contributed by atoms with van der Waals surface area (Å²) in [5.41, 5.74) is 3.58. The van der Waals surface area contributed by atoms with Crippen LogP contribution in [-0.4, -0.2) is 4.92 Å². The molecular weight excluding hydrogens is 457 g/mol. The van der Waals surface area contributed by atoms with Gasteiger partial charge in [0.15, 0.2) is 0 Å². The van der Waals surface area contributed by atoms with Gasteiger partial charge in [-0.25, -0.2) is 0 Å². The topological polar surface area (TPSA) is 43.1 Å². The monoisotopic (exact) mass is 477 g/mol. The summed E-state index contributed by atoms with van der Waals surface area (Å²) in [5, 5.41) is 11.3. The van der Waals surface area contributed by atoms with Crippen molar-refractivity contribution in [3.8, 4) is 0 Å². The minimum atomic E-state index is -0.312. The first-order chi connectivity index (χ1) is 12.3. The lowest BCUT2D eigenvalue weighted by atomic mass is 9.86. The number of thioether (sulfide) groups is 1. The molecule has 0 bridgehead atoms. The van der Waals surface area contributed by atoms with Gasteiger partial charge in [0.05, 0.1) is 4.92 Å². The number of halogens is 1. The van der Waals surface area contributed by atoms with Crippen molar-refractivity contribution in [2.75, 3.05) is 0 Å². The maximum Gasteiger partial charge on any atom is 0.264 e. The van der Waals surface area contributed by atoms with Crippen LogP contribution < -0.4 is 0 Å². The summed E-state index contributed by atoms with van der Waals surface area (Å²) in [6.07, 6.45) is 1.71. The maximum atomic E-state index is 11.7. The quantitative estimate of drug-likeness (QED) is 0.280. The fraction of sp³-hybridized carbons (Fsp3) is 0.238. The first-order valence-electron chi connectivity index (χ1n) is 8.35. The zero-order valence-electron chi connectivity index (χ0n) is 14.9. The molecule has 26 heavy (non-hydrogen) atoms. The number of nitrogens with zero attached hydrogens (tertiary/aromatic N) is 1. The summed E-state index contributed by atoms with van der Waals surface area (Å²) < 4.78 is 0.910. The van der Waals surface area contributed by atoms with E-state index in [2.05, 4.69) is 55.5 Å². The van der Waals surface area contributed by atoms with Crippen LogP contribution >= 0.6 is 34.4 Å². The first kappa shape index (κ1) is 19.2. The molecule has 2 aromatic carbocycles. The van der Waals surface area contributed by atoms with Gasteiger partial charge < -0.3 is 0 Å². The number of rotatable bonds is 3. The Bertz CT molecular complexity index is 880. The Morgan fingerprint density at radius 1 is 1.04 bits per heavy atom. The zero-order chi connectivity index (χ0) is 18.9.